The second-order valence-corrected chi connectivity index (χ2v) is 6.68. The predicted molar refractivity (Wildman–Crippen MR) is 110 cm³/mol. The number of nitrogens with zero attached hydrogens (tertiary/aromatic N) is 1. The van der Waals surface area contributed by atoms with Gasteiger partial charge in [0.1, 0.15) is 5.82 Å². The van der Waals surface area contributed by atoms with E-state index in [-0.39, 0.29) is 5.82 Å². The molecule has 0 fully saturated rings. The van der Waals surface area contributed by atoms with E-state index in [4.69, 9.17) is 9.47 Å². The first kappa shape index (κ1) is 20.9. The van der Waals surface area contributed by atoms with Crippen LogP contribution < -0.4 is 20.1 Å². The van der Waals surface area contributed by atoms with Gasteiger partial charge in [-0.1, -0.05) is 12.1 Å². The van der Waals surface area contributed by atoms with Gasteiger partial charge in [0.2, 0.25) is 0 Å². The van der Waals surface area contributed by atoms with Gasteiger partial charge in [0.15, 0.2) is 17.5 Å². The zero-order chi connectivity index (χ0) is 19.6. The van der Waals surface area contributed by atoms with Crippen molar-refractivity contribution in [1.29, 1.82) is 0 Å². The van der Waals surface area contributed by atoms with Gasteiger partial charge in [-0.25, -0.2) is 4.39 Å². The van der Waals surface area contributed by atoms with Crippen LogP contribution in [0.25, 0.3) is 0 Å². The van der Waals surface area contributed by atoms with E-state index in [0.717, 1.165) is 22.4 Å². The van der Waals surface area contributed by atoms with Gasteiger partial charge < -0.3 is 20.1 Å². The van der Waals surface area contributed by atoms with E-state index in [0.29, 0.717) is 30.5 Å². The van der Waals surface area contributed by atoms with Crippen molar-refractivity contribution in [1.82, 2.24) is 10.6 Å². The van der Waals surface area contributed by atoms with E-state index in [2.05, 4.69) is 15.6 Å². The van der Waals surface area contributed by atoms with Crippen molar-refractivity contribution < 1.29 is 13.9 Å². The Morgan fingerprint density at radius 1 is 1.00 bits per heavy atom. The van der Waals surface area contributed by atoms with E-state index >= 15 is 0 Å². The molecule has 2 N–H and O–H groups in total. The third-order valence-corrected chi connectivity index (χ3v) is 4.65. The van der Waals surface area contributed by atoms with Crippen molar-refractivity contribution in [2.45, 2.75) is 18.8 Å². The summed E-state index contributed by atoms with van der Waals surface area (Å²) in [5, 5.41) is 6.55. The highest BCUT2D eigenvalue weighted by molar-refractivity contribution is 7.97. The Hall–Kier alpha value is -2.41. The molecule has 0 radical (unpaired) electrons. The Balaban J connectivity index is 1.97. The molecule has 0 aliphatic rings. The summed E-state index contributed by atoms with van der Waals surface area (Å²) in [5.74, 6) is 2.61. The Morgan fingerprint density at radius 3 is 2.41 bits per heavy atom. The molecule has 0 heterocycles. The van der Waals surface area contributed by atoms with Crippen LogP contribution in [-0.2, 0) is 18.8 Å². The molecule has 0 unspecified atom stereocenters. The van der Waals surface area contributed by atoms with Crippen LogP contribution in [0.5, 0.6) is 11.5 Å². The highest BCUT2D eigenvalue weighted by atomic mass is 32.2. The maximum absolute atomic E-state index is 13.5. The lowest BCUT2D eigenvalue weighted by atomic mass is 10.1. The summed E-state index contributed by atoms with van der Waals surface area (Å²) in [6.45, 7) is 1.16. The number of ether oxygens (including phenoxy) is 2. The number of benzene rings is 2. The second-order valence-electron chi connectivity index (χ2n) is 5.81. The van der Waals surface area contributed by atoms with E-state index in [1.807, 2.05) is 30.5 Å². The van der Waals surface area contributed by atoms with Crippen LogP contribution in [0.3, 0.4) is 0 Å². The molecular formula is C20H26FN3O2S. The number of rotatable bonds is 8. The number of guanidine groups is 1. The molecule has 27 heavy (non-hydrogen) atoms. The molecule has 0 aliphatic carbocycles. The Kier molecular flexibility index (Phi) is 8.26. The third-order valence-electron chi connectivity index (χ3n) is 4.05. The fourth-order valence-electron chi connectivity index (χ4n) is 2.63. The molecule has 0 atom stereocenters. The standard InChI is InChI=1S/C20H26FN3O2S/c1-22-20(23-11-14-5-8-18(25-2)19(9-14)26-3)24-12-15-6-7-17(21)10-16(15)13-27-4/h5-10H,11-13H2,1-4H3,(H2,22,23,24). The quantitative estimate of drug-likeness (QED) is 0.532. The van der Waals surface area contributed by atoms with Crippen LogP contribution in [0, 0.1) is 5.82 Å². The van der Waals surface area contributed by atoms with E-state index in [9.17, 15) is 4.39 Å². The van der Waals surface area contributed by atoms with E-state index in [1.54, 1.807) is 39.1 Å². The third kappa shape index (κ3) is 6.06. The fourth-order valence-corrected chi connectivity index (χ4v) is 3.21. The highest BCUT2D eigenvalue weighted by Crippen LogP contribution is 2.27. The minimum atomic E-state index is -0.209. The predicted octanol–water partition coefficient (Wildman–Crippen LogP) is 3.57. The van der Waals surface area contributed by atoms with Gasteiger partial charge in [0.25, 0.3) is 0 Å². The molecule has 5 nitrogen and oxygen atoms in total. The Morgan fingerprint density at radius 2 is 1.74 bits per heavy atom. The maximum atomic E-state index is 13.5. The van der Waals surface area contributed by atoms with Gasteiger partial charge in [-0.05, 0) is 47.2 Å². The largest absolute Gasteiger partial charge is 0.493 e. The highest BCUT2D eigenvalue weighted by Gasteiger charge is 2.07. The zero-order valence-electron chi connectivity index (χ0n) is 16.1. The van der Waals surface area contributed by atoms with Gasteiger partial charge in [0.05, 0.1) is 14.2 Å². The number of thioether (sulfide) groups is 1. The summed E-state index contributed by atoms with van der Waals surface area (Å²) in [7, 11) is 4.95. The van der Waals surface area contributed by atoms with Gasteiger partial charge in [-0.15, -0.1) is 0 Å². The van der Waals surface area contributed by atoms with Crippen molar-refractivity contribution in [2.75, 3.05) is 27.5 Å². The lowest BCUT2D eigenvalue weighted by Crippen LogP contribution is -2.36. The zero-order valence-corrected chi connectivity index (χ0v) is 17.0. The molecule has 0 saturated carbocycles. The SMILES string of the molecule is CN=C(NCc1ccc(OC)c(OC)c1)NCc1ccc(F)cc1CSC. The van der Waals surface area contributed by atoms with E-state index < -0.39 is 0 Å². The molecule has 0 aromatic heterocycles. The van der Waals surface area contributed by atoms with E-state index in [1.165, 1.54) is 6.07 Å². The summed E-state index contributed by atoms with van der Waals surface area (Å²) >= 11 is 1.67. The first-order valence-corrected chi connectivity index (χ1v) is 9.92. The summed E-state index contributed by atoms with van der Waals surface area (Å²) in [6, 6.07) is 10.7. The summed E-state index contributed by atoms with van der Waals surface area (Å²) in [5.41, 5.74) is 3.09. The molecule has 2 aromatic rings. The first-order valence-electron chi connectivity index (χ1n) is 8.53. The molecule has 7 heteroatoms. The minimum absolute atomic E-state index is 0.209. The van der Waals surface area contributed by atoms with Crippen LogP contribution in [0.1, 0.15) is 16.7 Å². The monoisotopic (exact) mass is 391 g/mol. The molecular weight excluding hydrogens is 365 g/mol. The van der Waals surface area contributed by atoms with Gasteiger partial charge >= 0.3 is 0 Å². The summed E-state index contributed by atoms with van der Waals surface area (Å²) in [6.07, 6.45) is 2.01. The van der Waals surface area contributed by atoms with Gasteiger partial charge in [-0.2, -0.15) is 11.8 Å². The van der Waals surface area contributed by atoms with Gasteiger partial charge in [-0.3, -0.25) is 4.99 Å². The molecule has 2 rings (SSSR count). The smallest absolute Gasteiger partial charge is 0.191 e. The van der Waals surface area contributed by atoms with Crippen LogP contribution in [-0.4, -0.2) is 33.5 Å². The maximum Gasteiger partial charge on any atom is 0.191 e. The molecule has 146 valence electrons. The van der Waals surface area contributed by atoms with Crippen LogP contribution >= 0.6 is 11.8 Å². The Bertz CT molecular complexity index is 784. The first-order chi connectivity index (χ1) is 13.1. The number of nitrogens with one attached hydrogen (secondary N) is 2. The van der Waals surface area contributed by atoms with Crippen molar-refractivity contribution >= 4 is 17.7 Å². The Labute approximate surface area is 164 Å². The lowest BCUT2D eigenvalue weighted by Gasteiger charge is -2.15. The lowest BCUT2D eigenvalue weighted by molar-refractivity contribution is 0.354. The number of aliphatic imine (C=N–C) groups is 1. The molecule has 0 aliphatic heterocycles. The van der Waals surface area contributed by atoms with Crippen LogP contribution in [0.4, 0.5) is 4.39 Å². The topological polar surface area (TPSA) is 54.9 Å². The molecule has 0 amide bonds. The number of methoxy groups -OCH3 is 2. The molecule has 0 spiro atoms. The fraction of sp³-hybridized carbons (Fsp3) is 0.350. The molecule has 0 bridgehead atoms. The minimum Gasteiger partial charge on any atom is -0.493 e. The second kappa shape index (κ2) is 10.7. The normalized spacial score (nSPS) is 11.2. The number of halogens is 1. The van der Waals surface area contributed by atoms with Crippen LogP contribution in [0.15, 0.2) is 41.4 Å². The average Bonchev–Trinajstić information content (AvgIpc) is 2.69. The number of hydrogen-bond donors (Lipinski definition) is 2. The summed E-state index contributed by atoms with van der Waals surface area (Å²) in [4.78, 5) is 4.25. The molecule has 2 aromatic carbocycles. The van der Waals surface area contributed by atoms with Gasteiger partial charge in [0, 0.05) is 25.9 Å². The van der Waals surface area contributed by atoms with Crippen molar-refractivity contribution in [3.63, 3.8) is 0 Å². The summed E-state index contributed by atoms with van der Waals surface area (Å²) < 4.78 is 24.1. The van der Waals surface area contributed by atoms with Crippen molar-refractivity contribution in [3.05, 3.63) is 58.9 Å². The number of hydrogen-bond acceptors (Lipinski definition) is 4. The van der Waals surface area contributed by atoms with Crippen molar-refractivity contribution in [2.24, 2.45) is 4.99 Å². The van der Waals surface area contributed by atoms with Crippen LogP contribution in [0.2, 0.25) is 0 Å². The molecule has 0 saturated heterocycles. The average molecular weight is 392 g/mol. The van der Waals surface area contributed by atoms with Crippen molar-refractivity contribution in [3.8, 4) is 11.5 Å².